The van der Waals surface area contributed by atoms with Crippen molar-refractivity contribution >= 4 is 40.4 Å². The summed E-state index contributed by atoms with van der Waals surface area (Å²) in [5, 5.41) is 5.51. The number of pyridine rings is 1. The van der Waals surface area contributed by atoms with Crippen LogP contribution in [0.1, 0.15) is 28.2 Å². The number of halogens is 1. The van der Waals surface area contributed by atoms with E-state index in [1.807, 2.05) is 39.1 Å². The molecule has 4 heterocycles. The summed E-state index contributed by atoms with van der Waals surface area (Å²) < 4.78 is 1.85. The predicted molar refractivity (Wildman–Crippen MR) is 105 cm³/mol. The molecule has 4 rings (SSSR count). The zero-order valence-corrected chi connectivity index (χ0v) is 16.2. The first kappa shape index (κ1) is 18.0. The molecule has 140 valence electrons. The van der Waals surface area contributed by atoms with Gasteiger partial charge in [0.05, 0.1) is 22.1 Å². The van der Waals surface area contributed by atoms with Crippen molar-refractivity contribution in [3.05, 3.63) is 57.6 Å². The molecule has 0 saturated carbocycles. The molecule has 0 unspecified atom stereocenters. The number of rotatable bonds is 4. The second kappa shape index (κ2) is 7.70. The third kappa shape index (κ3) is 3.99. The van der Waals surface area contributed by atoms with Crippen molar-refractivity contribution in [3.8, 4) is 0 Å². The van der Waals surface area contributed by atoms with Gasteiger partial charge in [-0.25, -0.2) is 4.98 Å². The molecule has 6 nitrogen and oxygen atoms in total. The number of likely N-dealkylation sites (tertiary alicyclic amines) is 1. The van der Waals surface area contributed by atoms with Gasteiger partial charge < -0.3 is 14.6 Å². The molecular formula is C19H19ClN4O2S. The van der Waals surface area contributed by atoms with Gasteiger partial charge in [0.15, 0.2) is 0 Å². The van der Waals surface area contributed by atoms with Crippen molar-refractivity contribution < 1.29 is 9.59 Å². The number of carbonyl (C=O) groups excluding carboxylic acids is 2. The molecule has 0 atom stereocenters. The third-order valence-corrected chi connectivity index (χ3v) is 5.87. The minimum atomic E-state index is -0.0659. The SMILES string of the molecule is O=C(NCc1cn2cc(Cl)ccc2n1)C1CCN(C(=O)c2cccs2)CC1. The Hall–Kier alpha value is -2.38. The van der Waals surface area contributed by atoms with Crippen LogP contribution in [0.3, 0.4) is 0 Å². The van der Waals surface area contributed by atoms with E-state index in [2.05, 4.69) is 10.3 Å². The first-order valence-electron chi connectivity index (χ1n) is 8.84. The van der Waals surface area contributed by atoms with Crippen LogP contribution in [0.5, 0.6) is 0 Å². The number of hydrogen-bond donors (Lipinski definition) is 1. The lowest BCUT2D eigenvalue weighted by molar-refractivity contribution is -0.126. The molecule has 3 aromatic rings. The molecular weight excluding hydrogens is 384 g/mol. The van der Waals surface area contributed by atoms with Gasteiger partial charge in [-0.3, -0.25) is 9.59 Å². The Morgan fingerprint density at radius 3 is 2.78 bits per heavy atom. The van der Waals surface area contributed by atoms with Gasteiger partial charge in [-0.2, -0.15) is 0 Å². The summed E-state index contributed by atoms with van der Waals surface area (Å²) >= 11 is 7.43. The Labute approximate surface area is 165 Å². The molecule has 0 aliphatic carbocycles. The fourth-order valence-corrected chi connectivity index (χ4v) is 4.18. The molecule has 1 N–H and O–H groups in total. The summed E-state index contributed by atoms with van der Waals surface area (Å²) in [6.45, 7) is 1.61. The second-order valence-electron chi connectivity index (χ2n) is 6.61. The number of nitrogens with one attached hydrogen (secondary N) is 1. The molecule has 1 saturated heterocycles. The average molecular weight is 403 g/mol. The van der Waals surface area contributed by atoms with Crippen LogP contribution in [-0.4, -0.2) is 39.2 Å². The first-order chi connectivity index (χ1) is 13.1. The quantitative estimate of drug-likeness (QED) is 0.728. The molecule has 1 fully saturated rings. The van der Waals surface area contributed by atoms with E-state index in [-0.39, 0.29) is 17.7 Å². The van der Waals surface area contributed by atoms with Gasteiger partial charge in [0.1, 0.15) is 5.65 Å². The first-order valence-corrected chi connectivity index (χ1v) is 10.1. The number of hydrogen-bond acceptors (Lipinski definition) is 4. The van der Waals surface area contributed by atoms with Gasteiger partial charge in [-0.05, 0) is 36.4 Å². The van der Waals surface area contributed by atoms with E-state index in [1.165, 1.54) is 11.3 Å². The molecule has 0 spiro atoms. The van der Waals surface area contributed by atoms with Crippen molar-refractivity contribution in [1.82, 2.24) is 19.6 Å². The number of aromatic nitrogens is 2. The fraction of sp³-hybridized carbons (Fsp3) is 0.316. The van der Waals surface area contributed by atoms with Crippen LogP contribution < -0.4 is 5.32 Å². The van der Waals surface area contributed by atoms with Crippen LogP contribution in [0, 0.1) is 5.92 Å². The van der Waals surface area contributed by atoms with Gasteiger partial charge in [-0.15, -0.1) is 11.3 Å². The van der Waals surface area contributed by atoms with E-state index in [9.17, 15) is 9.59 Å². The molecule has 27 heavy (non-hydrogen) atoms. The molecule has 0 aromatic carbocycles. The maximum atomic E-state index is 12.5. The Morgan fingerprint density at radius 1 is 1.22 bits per heavy atom. The van der Waals surface area contributed by atoms with Crippen molar-refractivity contribution in [1.29, 1.82) is 0 Å². The smallest absolute Gasteiger partial charge is 0.263 e. The monoisotopic (exact) mass is 402 g/mol. The number of piperidine rings is 1. The van der Waals surface area contributed by atoms with E-state index in [0.29, 0.717) is 37.5 Å². The van der Waals surface area contributed by atoms with Gasteiger partial charge in [0, 0.05) is 31.4 Å². The second-order valence-corrected chi connectivity index (χ2v) is 7.99. The van der Waals surface area contributed by atoms with Crippen molar-refractivity contribution in [3.63, 3.8) is 0 Å². The van der Waals surface area contributed by atoms with Crippen LogP contribution in [-0.2, 0) is 11.3 Å². The summed E-state index contributed by atoms with van der Waals surface area (Å²) in [5.41, 5.74) is 1.58. The Morgan fingerprint density at radius 2 is 2.04 bits per heavy atom. The van der Waals surface area contributed by atoms with Gasteiger partial charge in [-0.1, -0.05) is 17.7 Å². The van der Waals surface area contributed by atoms with Gasteiger partial charge >= 0.3 is 0 Å². The molecule has 3 aromatic heterocycles. The summed E-state index contributed by atoms with van der Waals surface area (Å²) in [7, 11) is 0. The van der Waals surface area contributed by atoms with E-state index >= 15 is 0 Å². The van der Waals surface area contributed by atoms with E-state index in [4.69, 9.17) is 11.6 Å². The normalized spacial score (nSPS) is 15.2. The fourth-order valence-electron chi connectivity index (χ4n) is 3.33. The van der Waals surface area contributed by atoms with Crippen LogP contribution >= 0.6 is 22.9 Å². The van der Waals surface area contributed by atoms with E-state index < -0.39 is 0 Å². The van der Waals surface area contributed by atoms with Crippen LogP contribution in [0.25, 0.3) is 5.65 Å². The average Bonchev–Trinajstić information content (AvgIpc) is 3.35. The topological polar surface area (TPSA) is 66.7 Å². The maximum absolute atomic E-state index is 12.5. The lowest BCUT2D eigenvalue weighted by Crippen LogP contribution is -2.42. The summed E-state index contributed by atoms with van der Waals surface area (Å²) in [6.07, 6.45) is 5.02. The highest BCUT2D eigenvalue weighted by atomic mass is 35.5. The molecule has 2 amide bonds. The number of imidazole rings is 1. The van der Waals surface area contributed by atoms with Crippen LogP contribution in [0.4, 0.5) is 0 Å². The lowest BCUT2D eigenvalue weighted by atomic mass is 9.95. The van der Waals surface area contributed by atoms with E-state index in [0.717, 1.165) is 16.2 Å². The highest BCUT2D eigenvalue weighted by molar-refractivity contribution is 7.12. The summed E-state index contributed by atoms with van der Waals surface area (Å²) in [4.78, 5) is 31.9. The van der Waals surface area contributed by atoms with Crippen molar-refractivity contribution in [2.45, 2.75) is 19.4 Å². The largest absolute Gasteiger partial charge is 0.350 e. The standard InChI is InChI=1S/C19H19ClN4O2S/c20-14-3-4-17-22-15(12-24(17)11-14)10-21-18(25)13-5-7-23(8-6-13)19(26)16-2-1-9-27-16/h1-4,9,11-13H,5-8,10H2,(H,21,25). The number of amides is 2. The predicted octanol–water partition coefficient (Wildman–Crippen LogP) is 3.22. The minimum absolute atomic E-state index is 0.0216. The number of fused-ring (bicyclic) bond motifs is 1. The minimum Gasteiger partial charge on any atom is -0.350 e. The summed E-state index contributed by atoms with van der Waals surface area (Å²) in [5.74, 6) is 0.0180. The zero-order valence-electron chi connectivity index (χ0n) is 14.6. The number of thiophene rings is 1. The highest BCUT2D eigenvalue weighted by Gasteiger charge is 2.28. The molecule has 0 bridgehead atoms. The van der Waals surface area contributed by atoms with E-state index in [1.54, 1.807) is 12.3 Å². The molecule has 8 heteroatoms. The Bertz CT molecular complexity index is 961. The van der Waals surface area contributed by atoms with Crippen LogP contribution in [0.15, 0.2) is 42.0 Å². The zero-order chi connectivity index (χ0) is 18.8. The lowest BCUT2D eigenvalue weighted by Gasteiger charge is -2.31. The summed E-state index contributed by atoms with van der Waals surface area (Å²) in [6, 6.07) is 7.35. The molecule has 1 aliphatic heterocycles. The molecule has 1 aliphatic rings. The van der Waals surface area contributed by atoms with Gasteiger partial charge in [0.2, 0.25) is 5.91 Å². The van der Waals surface area contributed by atoms with Gasteiger partial charge in [0.25, 0.3) is 5.91 Å². The third-order valence-electron chi connectivity index (χ3n) is 4.79. The molecule has 0 radical (unpaired) electrons. The highest BCUT2D eigenvalue weighted by Crippen LogP contribution is 2.21. The number of nitrogens with zero attached hydrogens (tertiary/aromatic N) is 3. The van der Waals surface area contributed by atoms with Crippen molar-refractivity contribution in [2.75, 3.05) is 13.1 Å². The Kier molecular flexibility index (Phi) is 5.13. The van der Waals surface area contributed by atoms with Crippen molar-refractivity contribution in [2.24, 2.45) is 5.92 Å². The maximum Gasteiger partial charge on any atom is 0.263 e. The number of carbonyl (C=O) groups is 2. The van der Waals surface area contributed by atoms with Crippen LogP contribution in [0.2, 0.25) is 5.02 Å². The Balaban J connectivity index is 1.29.